The molecule has 0 radical (unpaired) electrons. The van der Waals surface area contributed by atoms with Crippen LogP contribution in [0.25, 0.3) is 0 Å². The summed E-state index contributed by atoms with van der Waals surface area (Å²) in [4.78, 5) is 11.8. The molecule has 19 heavy (non-hydrogen) atoms. The molecular formula is C14H20O5. The molecule has 0 aliphatic rings. The molecule has 0 aliphatic heterocycles. The minimum atomic E-state index is -0.0560. The smallest absolute Gasteiger partial charge is 0.188 e. The SMILES string of the molecule is COCCOCCOCC(=O)c1ccc(OC)cc1. The Morgan fingerprint density at radius 2 is 1.58 bits per heavy atom. The van der Waals surface area contributed by atoms with Gasteiger partial charge in [-0.05, 0) is 24.3 Å². The molecule has 0 bridgehead atoms. The lowest BCUT2D eigenvalue weighted by molar-refractivity contribution is 0.0253. The lowest BCUT2D eigenvalue weighted by Crippen LogP contribution is -2.13. The van der Waals surface area contributed by atoms with Gasteiger partial charge in [0.15, 0.2) is 5.78 Å². The van der Waals surface area contributed by atoms with Crippen LogP contribution in [0.4, 0.5) is 0 Å². The molecule has 5 nitrogen and oxygen atoms in total. The molecule has 1 aromatic carbocycles. The van der Waals surface area contributed by atoms with Crippen LogP contribution in [0.1, 0.15) is 10.4 Å². The Morgan fingerprint density at radius 3 is 2.21 bits per heavy atom. The number of hydrogen-bond donors (Lipinski definition) is 0. The van der Waals surface area contributed by atoms with E-state index in [1.165, 1.54) is 0 Å². The van der Waals surface area contributed by atoms with Crippen molar-refractivity contribution in [1.29, 1.82) is 0 Å². The molecule has 0 saturated carbocycles. The van der Waals surface area contributed by atoms with Crippen LogP contribution in [0.2, 0.25) is 0 Å². The first-order valence-corrected chi connectivity index (χ1v) is 6.09. The fourth-order valence-corrected chi connectivity index (χ4v) is 1.39. The Kier molecular flexibility index (Phi) is 7.81. The number of Topliss-reactive ketones (excluding diaryl/α,β-unsaturated/α-hetero) is 1. The Labute approximate surface area is 113 Å². The molecule has 0 unspecified atom stereocenters. The summed E-state index contributed by atoms with van der Waals surface area (Å²) in [5, 5.41) is 0. The van der Waals surface area contributed by atoms with Crippen LogP contribution in [0, 0.1) is 0 Å². The fourth-order valence-electron chi connectivity index (χ4n) is 1.39. The lowest BCUT2D eigenvalue weighted by Gasteiger charge is -2.05. The number of hydrogen-bond acceptors (Lipinski definition) is 5. The summed E-state index contributed by atoms with van der Waals surface area (Å²) in [5.74, 6) is 0.670. The van der Waals surface area contributed by atoms with Gasteiger partial charge in [-0.1, -0.05) is 0 Å². The third-order valence-electron chi connectivity index (χ3n) is 2.45. The quantitative estimate of drug-likeness (QED) is 0.476. The van der Waals surface area contributed by atoms with Crippen molar-refractivity contribution < 1.29 is 23.7 Å². The molecule has 5 heteroatoms. The van der Waals surface area contributed by atoms with Gasteiger partial charge in [-0.25, -0.2) is 0 Å². The highest BCUT2D eigenvalue weighted by atomic mass is 16.5. The zero-order chi connectivity index (χ0) is 13.9. The van der Waals surface area contributed by atoms with E-state index in [0.29, 0.717) is 32.0 Å². The summed E-state index contributed by atoms with van der Waals surface area (Å²) in [6.45, 7) is 2.00. The molecule has 106 valence electrons. The van der Waals surface area contributed by atoms with E-state index in [4.69, 9.17) is 18.9 Å². The van der Waals surface area contributed by atoms with E-state index in [-0.39, 0.29) is 12.4 Å². The van der Waals surface area contributed by atoms with Gasteiger partial charge in [0.05, 0.1) is 33.5 Å². The normalized spacial score (nSPS) is 10.4. The molecule has 1 aromatic rings. The van der Waals surface area contributed by atoms with E-state index in [1.807, 2.05) is 0 Å². The van der Waals surface area contributed by atoms with Crippen LogP contribution in [-0.2, 0) is 14.2 Å². The standard InChI is InChI=1S/C14H20O5/c1-16-7-8-18-9-10-19-11-14(15)12-3-5-13(17-2)6-4-12/h3-6H,7-11H2,1-2H3. The predicted molar refractivity (Wildman–Crippen MR) is 70.8 cm³/mol. The highest BCUT2D eigenvalue weighted by Gasteiger charge is 2.05. The summed E-state index contributed by atoms with van der Waals surface area (Å²) in [6.07, 6.45) is 0. The fraction of sp³-hybridized carbons (Fsp3) is 0.500. The van der Waals surface area contributed by atoms with Gasteiger partial charge < -0.3 is 18.9 Å². The van der Waals surface area contributed by atoms with Crippen molar-refractivity contribution in [2.75, 3.05) is 47.3 Å². The highest BCUT2D eigenvalue weighted by Crippen LogP contribution is 2.11. The van der Waals surface area contributed by atoms with Gasteiger partial charge in [-0.15, -0.1) is 0 Å². The number of ether oxygens (including phenoxy) is 4. The van der Waals surface area contributed by atoms with Crippen molar-refractivity contribution in [3.8, 4) is 5.75 Å². The minimum Gasteiger partial charge on any atom is -0.497 e. The third kappa shape index (κ3) is 6.33. The molecule has 0 saturated heterocycles. The predicted octanol–water partition coefficient (Wildman–Crippen LogP) is 1.56. The first-order valence-electron chi connectivity index (χ1n) is 6.09. The summed E-state index contributed by atoms with van der Waals surface area (Å²) in [7, 11) is 3.21. The second kappa shape index (κ2) is 9.49. The molecule has 0 atom stereocenters. The Balaban J connectivity index is 2.16. The van der Waals surface area contributed by atoms with E-state index >= 15 is 0 Å². The molecule has 1 rings (SSSR count). The van der Waals surface area contributed by atoms with E-state index in [2.05, 4.69) is 0 Å². The maximum absolute atomic E-state index is 11.8. The zero-order valence-electron chi connectivity index (χ0n) is 11.4. The molecular weight excluding hydrogens is 248 g/mol. The van der Waals surface area contributed by atoms with Gasteiger partial charge in [0.2, 0.25) is 0 Å². The van der Waals surface area contributed by atoms with Crippen LogP contribution in [0.5, 0.6) is 5.75 Å². The average Bonchev–Trinajstić information content (AvgIpc) is 2.46. The number of rotatable bonds is 10. The van der Waals surface area contributed by atoms with Gasteiger partial charge in [0, 0.05) is 12.7 Å². The summed E-state index contributed by atoms with van der Waals surface area (Å²) in [5.41, 5.74) is 0.612. The Bertz CT molecular complexity index is 361. The van der Waals surface area contributed by atoms with Crippen LogP contribution >= 0.6 is 0 Å². The van der Waals surface area contributed by atoms with E-state index < -0.39 is 0 Å². The van der Waals surface area contributed by atoms with Gasteiger partial charge in [0.1, 0.15) is 12.4 Å². The van der Waals surface area contributed by atoms with Crippen LogP contribution in [0.15, 0.2) is 24.3 Å². The monoisotopic (exact) mass is 268 g/mol. The summed E-state index contributed by atoms with van der Waals surface area (Å²) < 4.78 is 20.3. The number of benzene rings is 1. The first kappa shape index (κ1) is 15.6. The molecule has 0 aliphatic carbocycles. The number of carbonyl (C=O) groups excluding carboxylic acids is 1. The van der Waals surface area contributed by atoms with Crippen molar-refractivity contribution in [1.82, 2.24) is 0 Å². The highest BCUT2D eigenvalue weighted by molar-refractivity contribution is 5.97. The van der Waals surface area contributed by atoms with Crippen LogP contribution < -0.4 is 4.74 Å². The molecule has 0 N–H and O–H groups in total. The van der Waals surface area contributed by atoms with Crippen molar-refractivity contribution in [2.45, 2.75) is 0 Å². The Hall–Kier alpha value is -1.43. The van der Waals surface area contributed by atoms with Gasteiger partial charge in [0.25, 0.3) is 0 Å². The second-order valence-corrected chi connectivity index (χ2v) is 3.81. The number of methoxy groups -OCH3 is 2. The van der Waals surface area contributed by atoms with Crippen LogP contribution in [0.3, 0.4) is 0 Å². The topological polar surface area (TPSA) is 54.0 Å². The molecule has 0 heterocycles. The van der Waals surface area contributed by atoms with Crippen molar-refractivity contribution in [3.63, 3.8) is 0 Å². The first-order chi connectivity index (χ1) is 9.27. The van der Waals surface area contributed by atoms with Crippen molar-refractivity contribution in [3.05, 3.63) is 29.8 Å². The van der Waals surface area contributed by atoms with E-state index in [0.717, 1.165) is 5.75 Å². The molecule has 0 aromatic heterocycles. The lowest BCUT2D eigenvalue weighted by atomic mass is 10.1. The van der Waals surface area contributed by atoms with Crippen molar-refractivity contribution >= 4 is 5.78 Å². The Morgan fingerprint density at radius 1 is 0.947 bits per heavy atom. The van der Waals surface area contributed by atoms with E-state index in [1.54, 1.807) is 38.5 Å². The average molecular weight is 268 g/mol. The minimum absolute atomic E-state index is 0.0555. The third-order valence-corrected chi connectivity index (χ3v) is 2.45. The number of ketones is 1. The maximum Gasteiger partial charge on any atom is 0.188 e. The maximum atomic E-state index is 11.8. The van der Waals surface area contributed by atoms with Gasteiger partial charge in [-0.2, -0.15) is 0 Å². The zero-order valence-corrected chi connectivity index (χ0v) is 11.4. The largest absolute Gasteiger partial charge is 0.497 e. The molecule has 0 spiro atoms. The summed E-state index contributed by atoms with van der Waals surface area (Å²) in [6, 6.07) is 6.95. The van der Waals surface area contributed by atoms with Gasteiger partial charge in [-0.3, -0.25) is 4.79 Å². The van der Waals surface area contributed by atoms with Crippen molar-refractivity contribution in [2.24, 2.45) is 0 Å². The molecule has 0 fully saturated rings. The molecule has 0 amide bonds. The second-order valence-electron chi connectivity index (χ2n) is 3.81. The van der Waals surface area contributed by atoms with E-state index in [9.17, 15) is 4.79 Å². The summed E-state index contributed by atoms with van der Waals surface area (Å²) >= 11 is 0. The number of carbonyl (C=O) groups is 1. The van der Waals surface area contributed by atoms with Crippen LogP contribution in [-0.4, -0.2) is 53.0 Å². The van der Waals surface area contributed by atoms with Gasteiger partial charge >= 0.3 is 0 Å².